The number of phenolic OH excluding ortho intramolecular Hbond substituents is 1. The number of nitrogens with one attached hydrogen (secondary N) is 1. The molecular weight excluding hydrogens is 328 g/mol. The van der Waals surface area contributed by atoms with Crippen molar-refractivity contribution in [2.45, 2.75) is 11.7 Å². The van der Waals surface area contributed by atoms with E-state index in [1.54, 1.807) is 42.5 Å². The Morgan fingerprint density at radius 2 is 1.88 bits per heavy atom. The molecule has 0 radical (unpaired) electrons. The minimum Gasteiger partial charge on any atom is -0.508 e. The molecule has 7 heteroatoms. The summed E-state index contributed by atoms with van der Waals surface area (Å²) in [7, 11) is 0. The van der Waals surface area contributed by atoms with Crippen LogP contribution in [0.25, 0.3) is 0 Å². The molecule has 1 fully saturated rings. The number of hydrogen-bond acceptors (Lipinski definition) is 5. The van der Waals surface area contributed by atoms with Gasteiger partial charge in [-0.05, 0) is 36.0 Å². The molecule has 2 aromatic rings. The van der Waals surface area contributed by atoms with E-state index in [9.17, 15) is 19.5 Å². The molecular formula is C17H14N2O4S. The lowest BCUT2D eigenvalue weighted by molar-refractivity contribution is -0.121. The molecule has 2 aromatic carbocycles. The van der Waals surface area contributed by atoms with Gasteiger partial charge in [-0.3, -0.25) is 14.4 Å². The molecule has 2 N–H and O–H groups in total. The second-order valence-electron chi connectivity index (χ2n) is 5.18. The highest BCUT2D eigenvalue weighted by Gasteiger charge is 2.41. The third-order valence-electron chi connectivity index (χ3n) is 3.44. The Morgan fingerprint density at radius 3 is 2.58 bits per heavy atom. The van der Waals surface area contributed by atoms with E-state index in [4.69, 9.17) is 0 Å². The SMILES string of the molecule is O=C(CC1SC(=O)N(c2ccccc2)C1=O)Nc1cccc(O)c1. The number of carbonyl (C=O) groups is 3. The Kier molecular flexibility index (Phi) is 4.52. The fraction of sp³-hybridized carbons (Fsp3) is 0.118. The van der Waals surface area contributed by atoms with Crippen molar-refractivity contribution < 1.29 is 19.5 Å². The fourth-order valence-corrected chi connectivity index (χ4v) is 3.35. The van der Waals surface area contributed by atoms with Crippen molar-refractivity contribution in [3.8, 4) is 5.75 Å². The first-order valence-corrected chi connectivity index (χ1v) is 8.11. The first-order chi connectivity index (χ1) is 11.5. The summed E-state index contributed by atoms with van der Waals surface area (Å²) in [6.07, 6.45) is -0.117. The van der Waals surface area contributed by atoms with Crippen LogP contribution in [-0.2, 0) is 9.59 Å². The molecule has 122 valence electrons. The fourth-order valence-electron chi connectivity index (χ4n) is 2.36. The van der Waals surface area contributed by atoms with Crippen LogP contribution in [0, 0.1) is 0 Å². The predicted molar refractivity (Wildman–Crippen MR) is 92.1 cm³/mol. The maximum Gasteiger partial charge on any atom is 0.293 e. The molecule has 1 heterocycles. The predicted octanol–water partition coefficient (Wildman–Crippen LogP) is 2.99. The van der Waals surface area contributed by atoms with Gasteiger partial charge in [0, 0.05) is 18.2 Å². The van der Waals surface area contributed by atoms with Crippen LogP contribution in [0.2, 0.25) is 0 Å². The van der Waals surface area contributed by atoms with Crippen LogP contribution in [-0.4, -0.2) is 27.4 Å². The number of hydrogen-bond donors (Lipinski definition) is 2. The summed E-state index contributed by atoms with van der Waals surface area (Å²) in [6, 6.07) is 14.7. The summed E-state index contributed by atoms with van der Waals surface area (Å²) in [6.45, 7) is 0. The third-order valence-corrected chi connectivity index (χ3v) is 4.47. The maximum atomic E-state index is 12.4. The zero-order valence-electron chi connectivity index (χ0n) is 12.5. The number of carbonyl (C=O) groups excluding carboxylic acids is 3. The maximum absolute atomic E-state index is 12.4. The lowest BCUT2D eigenvalue weighted by Gasteiger charge is -2.13. The van der Waals surface area contributed by atoms with E-state index < -0.39 is 17.1 Å². The molecule has 1 aliphatic rings. The number of aromatic hydroxyl groups is 1. The highest BCUT2D eigenvalue weighted by atomic mass is 32.2. The monoisotopic (exact) mass is 342 g/mol. The molecule has 1 aliphatic heterocycles. The summed E-state index contributed by atoms with van der Waals surface area (Å²) in [5.74, 6) is -0.763. The number of rotatable bonds is 4. The van der Waals surface area contributed by atoms with Gasteiger partial charge in [0.15, 0.2) is 0 Å². The van der Waals surface area contributed by atoms with E-state index in [1.165, 1.54) is 12.1 Å². The van der Waals surface area contributed by atoms with Crippen molar-refractivity contribution in [3.05, 3.63) is 54.6 Å². The van der Waals surface area contributed by atoms with Gasteiger partial charge in [0.05, 0.1) is 5.69 Å². The number of phenols is 1. The minimum atomic E-state index is -0.755. The van der Waals surface area contributed by atoms with Crippen molar-refractivity contribution in [2.75, 3.05) is 10.2 Å². The lowest BCUT2D eigenvalue weighted by atomic mass is 10.2. The van der Waals surface area contributed by atoms with Gasteiger partial charge >= 0.3 is 0 Å². The zero-order chi connectivity index (χ0) is 17.1. The molecule has 1 unspecified atom stereocenters. The number of para-hydroxylation sites is 1. The van der Waals surface area contributed by atoms with Crippen LogP contribution < -0.4 is 10.2 Å². The molecule has 24 heavy (non-hydrogen) atoms. The molecule has 0 aliphatic carbocycles. The highest BCUT2D eigenvalue weighted by molar-refractivity contribution is 8.15. The van der Waals surface area contributed by atoms with Gasteiger partial charge in [0.2, 0.25) is 11.8 Å². The Hall–Kier alpha value is -2.80. The summed E-state index contributed by atoms with van der Waals surface area (Å²) in [4.78, 5) is 37.7. The molecule has 3 rings (SSSR count). The van der Waals surface area contributed by atoms with Gasteiger partial charge in [-0.2, -0.15) is 0 Å². The molecule has 0 spiro atoms. The summed E-state index contributed by atoms with van der Waals surface area (Å²) in [5.41, 5.74) is 0.928. The van der Waals surface area contributed by atoms with Crippen LogP contribution in [0.4, 0.5) is 16.2 Å². The summed E-state index contributed by atoms with van der Waals surface area (Å²) < 4.78 is 0. The number of imide groups is 1. The van der Waals surface area contributed by atoms with E-state index in [0.717, 1.165) is 16.7 Å². The smallest absolute Gasteiger partial charge is 0.293 e. The van der Waals surface area contributed by atoms with E-state index in [-0.39, 0.29) is 17.4 Å². The van der Waals surface area contributed by atoms with E-state index in [2.05, 4.69) is 5.32 Å². The van der Waals surface area contributed by atoms with E-state index in [0.29, 0.717) is 11.4 Å². The van der Waals surface area contributed by atoms with Gasteiger partial charge < -0.3 is 10.4 Å². The molecule has 6 nitrogen and oxygen atoms in total. The standard InChI is InChI=1S/C17H14N2O4S/c20-13-8-4-5-11(9-13)18-15(21)10-14-16(22)19(17(23)24-14)12-6-2-1-3-7-12/h1-9,14,20H,10H2,(H,18,21). The van der Waals surface area contributed by atoms with Crippen LogP contribution in [0.1, 0.15) is 6.42 Å². The molecule has 1 atom stereocenters. The van der Waals surface area contributed by atoms with Crippen LogP contribution >= 0.6 is 11.8 Å². The summed E-state index contributed by atoms with van der Waals surface area (Å²) >= 11 is 0.846. The van der Waals surface area contributed by atoms with E-state index >= 15 is 0 Å². The Morgan fingerprint density at radius 1 is 1.12 bits per heavy atom. The van der Waals surface area contributed by atoms with Crippen LogP contribution in [0.3, 0.4) is 0 Å². The van der Waals surface area contributed by atoms with Crippen molar-refractivity contribution in [1.29, 1.82) is 0 Å². The topological polar surface area (TPSA) is 86.7 Å². The van der Waals surface area contributed by atoms with Gasteiger partial charge in [-0.1, -0.05) is 24.3 Å². The Labute approximate surface area is 142 Å². The largest absolute Gasteiger partial charge is 0.508 e. The number of amides is 3. The molecule has 0 aromatic heterocycles. The first kappa shape index (κ1) is 16.1. The second kappa shape index (κ2) is 6.76. The Balaban J connectivity index is 1.67. The number of thioether (sulfide) groups is 1. The van der Waals surface area contributed by atoms with Crippen LogP contribution in [0.15, 0.2) is 54.6 Å². The van der Waals surface area contributed by atoms with Gasteiger partial charge in [-0.15, -0.1) is 0 Å². The molecule has 0 saturated carbocycles. The number of benzene rings is 2. The zero-order valence-corrected chi connectivity index (χ0v) is 13.3. The van der Waals surface area contributed by atoms with Gasteiger partial charge in [-0.25, -0.2) is 4.90 Å². The quantitative estimate of drug-likeness (QED) is 0.892. The molecule has 3 amide bonds. The molecule has 0 bridgehead atoms. The van der Waals surface area contributed by atoms with Crippen molar-refractivity contribution >= 4 is 40.2 Å². The second-order valence-corrected chi connectivity index (χ2v) is 6.34. The van der Waals surface area contributed by atoms with Crippen molar-refractivity contribution in [2.24, 2.45) is 0 Å². The first-order valence-electron chi connectivity index (χ1n) is 7.23. The lowest BCUT2D eigenvalue weighted by Crippen LogP contribution is -2.32. The Bertz CT molecular complexity index is 794. The third kappa shape index (κ3) is 3.41. The van der Waals surface area contributed by atoms with E-state index in [1.807, 2.05) is 0 Å². The molecule has 1 saturated heterocycles. The average Bonchev–Trinajstić information content (AvgIpc) is 2.82. The van der Waals surface area contributed by atoms with Gasteiger partial charge in [0.25, 0.3) is 5.24 Å². The van der Waals surface area contributed by atoms with Crippen molar-refractivity contribution in [3.63, 3.8) is 0 Å². The van der Waals surface area contributed by atoms with Crippen molar-refractivity contribution in [1.82, 2.24) is 0 Å². The van der Waals surface area contributed by atoms with Crippen LogP contribution in [0.5, 0.6) is 5.75 Å². The minimum absolute atomic E-state index is 0.0320. The van der Waals surface area contributed by atoms with Gasteiger partial charge in [0.1, 0.15) is 11.0 Å². The normalized spacial score (nSPS) is 17.2. The highest BCUT2D eigenvalue weighted by Crippen LogP contribution is 2.33. The number of anilines is 2. The summed E-state index contributed by atoms with van der Waals surface area (Å²) in [5, 5.41) is 10.8. The number of nitrogens with zero attached hydrogens (tertiary/aromatic N) is 1. The average molecular weight is 342 g/mol.